The van der Waals surface area contributed by atoms with Crippen molar-refractivity contribution in [3.05, 3.63) is 56.3 Å². The van der Waals surface area contributed by atoms with Gasteiger partial charge in [-0.15, -0.1) is 11.5 Å². The Hall–Kier alpha value is -0.526. The molecule has 0 fully saturated rings. The minimum atomic E-state index is 0. The van der Waals surface area contributed by atoms with Gasteiger partial charge in [0.15, 0.2) is 0 Å². The molecule has 2 aromatic carbocycles. The Kier molecular flexibility index (Phi) is 5.18. The molecule has 1 nitrogen and oxygen atoms in total. The van der Waals surface area contributed by atoms with Crippen LogP contribution in [0.15, 0.2) is 36.4 Å². The van der Waals surface area contributed by atoms with Crippen molar-refractivity contribution < 1.29 is 32.7 Å². The van der Waals surface area contributed by atoms with E-state index in [1.165, 1.54) is 0 Å². The van der Waals surface area contributed by atoms with Gasteiger partial charge in [-0.2, -0.15) is 18.6 Å². The first-order valence-electron chi connectivity index (χ1n) is 3.88. The number of hydrogen-bond acceptors (Lipinski definition) is 1. The van der Waals surface area contributed by atoms with Crippen LogP contribution in [0.5, 0.6) is 0 Å². The van der Waals surface area contributed by atoms with E-state index >= 15 is 0 Å². The fraction of sp³-hybridized carbons (Fsp3) is 0. The Morgan fingerprint density at radius 2 is 1.50 bits per heavy atom. The van der Waals surface area contributed by atoms with Crippen molar-refractivity contribution in [1.82, 2.24) is 0 Å². The summed E-state index contributed by atoms with van der Waals surface area (Å²) in [6, 6.07) is 11.9. The van der Waals surface area contributed by atoms with Gasteiger partial charge in [0, 0.05) is 5.69 Å². The predicted octanol–water partition coefficient (Wildman–Crippen LogP) is 3.05. The van der Waals surface area contributed by atoms with E-state index in [4.69, 9.17) is 5.73 Å². The van der Waals surface area contributed by atoms with Crippen molar-refractivity contribution in [3.63, 3.8) is 0 Å². The summed E-state index contributed by atoms with van der Waals surface area (Å²) in [4.78, 5) is 0. The summed E-state index contributed by atoms with van der Waals surface area (Å²) in [5.74, 6) is 0. The van der Waals surface area contributed by atoms with E-state index in [-0.39, 0.29) is 40.1 Å². The van der Waals surface area contributed by atoms with E-state index in [2.05, 4.69) is 6.92 Å². The average molecular weight is 260 g/mol. The molecule has 2 rings (SSSR count). The third-order valence-electron chi connectivity index (χ3n) is 2.05. The van der Waals surface area contributed by atoms with E-state index in [1.807, 2.05) is 36.4 Å². The van der Waals surface area contributed by atoms with Gasteiger partial charge in [0.2, 0.25) is 0 Å². The Bertz CT molecular complexity index is 383. The minimum Gasteiger partial charge on any atom is -0.400 e. The summed E-state index contributed by atoms with van der Waals surface area (Å²) in [7, 11) is 0. The number of nitrogen functional groups attached to an aromatic ring is 1. The van der Waals surface area contributed by atoms with Crippen molar-refractivity contribution in [2.45, 2.75) is 0 Å². The molecule has 2 heteroatoms. The Morgan fingerprint density at radius 3 is 2.07 bits per heavy atom. The van der Waals surface area contributed by atoms with Gasteiger partial charge in [0.1, 0.15) is 0 Å². The average Bonchev–Trinajstić information content (AvgIpc) is 2.12. The summed E-state index contributed by atoms with van der Waals surface area (Å²) in [6.07, 6.45) is 0. The van der Waals surface area contributed by atoms with Crippen LogP contribution in [0.25, 0.3) is 10.8 Å². The van der Waals surface area contributed by atoms with Crippen molar-refractivity contribution in [3.8, 4) is 0 Å². The van der Waals surface area contributed by atoms with Crippen LogP contribution in [0.1, 0.15) is 5.56 Å². The summed E-state index contributed by atoms with van der Waals surface area (Å²) < 4.78 is 0. The maximum Gasteiger partial charge on any atom is 3.00 e. The van der Waals surface area contributed by atoms with Crippen LogP contribution in [0.3, 0.4) is 0 Å². The maximum atomic E-state index is 5.80. The van der Waals surface area contributed by atoms with Crippen LogP contribution in [0.2, 0.25) is 0 Å². The molecule has 0 aliphatic rings. The number of hydrogen-bond donors (Lipinski definition) is 1. The fourth-order valence-corrected chi connectivity index (χ4v) is 1.38. The normalized spacial score (nSPS) is 8.86. The van der Waals surface area contributed by atoms with Gasteiger partial charge in [0.05, 0.1) is 0 Å². The third kappa shape index (κ3) is 2.28. The van der Waals surface area contributed by atoms with Gasteiger partial charge in [0.25, 0.3) is 0 Å². The molecule has 0 aliphatic carbocycles. The molecule has 0 spiro atoms. The minimum absolute atomic E-state index is 0. The van der Waals surface area contributed by atoms with Crippen LogP contribution in [-0.2, 0) is 32.7 Å². The number of rotatable bonds is 0. The van der Waals surface area contributed by atoms with Gasteiger partial charge < -0.3 is 13.2 Å². The third-order valence-corrected chi connectivity index (χ3v) is 2.05. The second-order valence-electron chi connectivity index (χ2n) is 2.86. The van der Waals surface area contributed by atoms with Crippen molar-refractivity contribution >= 4 is 16.5 Å². The van der Waals surface area contributed by atoms with Gasteiger partial charge in [-0.25, -0.2) is 0 Å². The first-order valence-corrected chi connectivity index (χ1v) is 3.88. The number of anilines is 1. The van der Waals surface area contributed by atoms with E-state index in [9.17, 15) is 0 Å². The second-order valence-corrected chi connectivity index (χ2v) is 2.86. The van der Waals surface area contributed by atoms with Crippen LogP contribution in [0.4, 0.5) is 5.69 Å². The molecule has 0 aliphatic heterocycles. The van der Waals surface area contributed by atoms with E-state index < -0.39 is 0 Å². The monoisotopic (exact) mass is 260 g/mol. The Morgan fingerprint density at radius 1 is 0.929 bits per heavy atom. The van der Waals surface area contributed by atoms with E-state index in [1.54, 1.807) is 0 Å². The topological polar surface area (TPSA) is 26.0 Å². The Balaban J connectivity index is 0.000000845. The maximum absolute atomic E-state index is 5.80. The molecule has 2 N–H and O–H groups in total. The molecule has 0 unspecified atom stereocenters. The summed E-state index contributed by atoms with van der Waals surface area (Å²) in [6.45, 7) is 3.93. The van der Waals surface area contributed by atoms with Crippen molar-refractivity contribution in [2.24, 2.45) is 0 Å². The zero-order valence-electron chi connectivity index (χ0n) is 8.33. The summed E-state index contributed by atoms with van der Waals surface area (Å²) in [5.41, 5.74) is 7.64. The zero-order valence-corrected chi connectivity index (χ0v) is 11.2. The predicted molar refractivity (Wildman–Crippen MR) is 59.2 cm³/mol. The molecular weight excluding hydrogens is 247 g/mol. The van der Waals surface area contributed by atoms with Gasteiger partial charge in [-0.3, -0.25) is 0 Å². The summed E-state index contributed by atoms with van der Waals surface area (Å²) in [5, 5.41) is 2.22. The first kappa shape index (κ1) is 13.5. The van der Waals surface area contributed by atoms with Crippen LogP contribution in [-0.4, -0.2) is 0 Å². The van der Waals surface area contributed by atoms with E-state index in [0.29, 0.717) is 0 Å². The quantitative estimate of drug-likeness (QED) is 0.571. The molecule has 0 bridgehead atoms. The standard InChI is InChI=1S/C11H10N.CH3.Y/c1-8-6-7-11(12)10-5-3-2-4-9(8)10;;/h2-7H,1,12H2;1H3;/q2*-1;+3. The van der Waals surface area contributed by atoms with Gasteiger partial charge in [-0.1, -0.05) is 29.7 Å². The Labute approximate surface area is 111 Å². The first-order chi connectivity index (χ1) is 5.79. The molecule has 2 aromatic rings. The largest absolute Gasteiger partial charge is 3.00 e. The SMILES string of the molecule is [CH2-]c1ccc(N)c2ccccc12.[CH3-].[Y+3]. The molecule has 0 saturated heterocycles. The smallest absolute Gasteiger partial charge is 0.400 e. The molecular formula is C12H13NY+. The van der Waals surface area contributed by atoms with Crippen molar-refractivity contribution in [1.29, 1.82) is 0 Å². The molecule has 0 heterocycles. The zero-order chi connectivity index (χ0) is 8.55. The second kappa shape index (κ2) is 5.38. The fourth-order valence-electron chi connectivity index (χ4n) is 1.38. The van der Waals surface area contributed by atoms with Crippen LogP contribution >= 0.6 is 0 Å². The molecule has 0 saturated carbocycles. The summed E-state index contributed by atoms with van der Waals surface area (Å²) >= 11 is 0. The number of fused-ring (bicyclic) bond motifs is 1. The van der Waals surface area contributed by atoms with Crippen LogP contribution in [0, 0.1) is 14.4 Å². The molecule has 0 atom stereocenters. The molecule has 0 radical (unpaired) electrons. The molecule has 68 valence electrons. The van der Waals surface area contributed by atoms with E-state index in [0.717, 1.165) is 22.0 Å². The van der Waals surface area contributed by atoms with Crippen LogP contribution < -0.4 is 5.73 Å². The van der Waals surface area contributed by atoms with Gasteiger partial charge >= 0.3 is 32.7 Å². The number of nitrogens with two attached hydrogens (primary N) is 1. The molecule has 14 heavy (non-hydrogen) atoms. The van der Waals surface area contributed by atoms with Crippen molar-refractivity contribution in [2.75, 3.05) is 5.73 Å². The molecule has 0 aromatic heterocycles. The number of benzene rings is 2. The molecule has 0 amide bonds. The van der Waals surface area contributed by atoms with Gasteiger partial charge in [-0.05, 0) is 0 Å².